The summed E-state index contributed by atoms with van der Waals surface area (Å²) in [6.07, 6.45) is 4.94. The van der Waals surface area contributed by atoms with E-state index < -0.39 is 0 Å². The highest BCUT2D eigenvalue weighted by Gasteiger charge is 2.27. The first kappa shape index (κ1) is 15.3. The number of hydrogen-bond acceptors (Lipinski definition) is 4. The van der Waals surface area contributed by atoms with Crippen LogP contribution >= 0.6 is 0 Å². The van der Waals surface area contributed by atoms with Crippen molar-refractivity contribution in [3.05, 3.63) is 53.5 Å². The van der Waals surface area contributed by atoms with Gasteiger partial charge in [-0.15, -0.1) is 0 Å². The molecule has 1 aromatic heterocycles. The molecule has 1 aromatic carbocycles. The molecule has 2 heterocycles. The van der Waals surface area contributed by atoms with Gasteiger partial charge in [0.2, 0.25) is 0 Å². The standard InChI is InChI=1S/C19H21NO4/c21-19(18-5-2-9-23-18)20-8-10-22-17(12-20)13-24-16-7-6-14-3-1-4-15(14)11-16/h2,5-7,9,11,17H,1,3-4,8,10,12-13H2. The molecule has 1 unspecified atom stereocenters. The molecule has 1 aliphatic carbocycles. The lowest BCUT2D eigenvalue weighted by Crippen LogP contribution is -2.47. The average Bonchev–Trinajstić information content (AvgIpc) is 3.30. The summed E-state index contributed by atoms with van der Waals surface area (Å²) in [4.78, 5) is 14.1. The van der Waals surface area contributed by atoms with Crippen molar-refractivity contribution in [2.24, 2.45) is 0 Å². The first-order valence-corrected chi connectivity index (χ1v) is 8.48. The van der Waals surface area contributed by atoms with Crippen LogP contribution in [0.25, 0.3) is 0 Å². The fourth-order valence-corrected chi connectivity index (χ4v) is 3.39. The van der Waals surface area contributed by atoms with Crippen LogP contribution in [-0.2, 0) is 17.6 Å². The molecule has 2 aliphatic rings. The van der Waals surface area contributed by atoms with Crippen LogP contribution in [0, 0.1) is 0 Å². The van der Waals surface area contributed by atoms with Gasteiger partial charge in [-0.05, 0) is 54.7 Å². The summed E-state index contributed by atoms with van der Waals surface area (Å²) in [5, 5.41) is 0. The summed E-state index contributed by atoms with van der Waals surface area (Å²) in [6, 6.07) is 9.73. The van der Waals surface area contributed by atoms with Crippen LogP contribution in [0.5, 0.6) is 5.75 Å². The maximum absolute atomic E-state index is 12.3. The SMILES string of the molecule is O=C(c1ccco1)N1CCOC(COc2ccc3c(c2)CCC3)C1. The van der Waals surface area contributed by atoms with E-state index in [1.165, 1.54) is 30.2 Å². The number of amides is 1. The number of aryl methyl sites for hydroxylation is 2. The number of rotatable bonds is 4. The number of fused-ring (bicyclic) bond motifs is 1. The van der Waals surface area contributed by atoms with Crippen molar-refractivity contribution in [1.29, 1.82) is 0 Å². The van der Waals surface area contributed by atoms with Gasteiger partial charge < -0.3 is 18.8 Å². The minimum absolute atomic E-state index is 0.0918. The highest BCUT2D eigenvalue weighted by atomic mass is 16.5. The molecule has 4 rings (SSSR count). The molecule has 0 saturated carbocycles. The lowest BCUT2D eigenvalue weighted by Gasteiger charge is -2.32. The van der Waals surface area contributed by atoms with E-state index in [0.717, 1.165) is 12.2 Å². The Balaban J connectivity index is 1.34. The van der Waals surface area contributed by atoms with Gasteiger partial charge in [0.1, 0.15) is 18.5 Å². The van der Waals surface area contributed by atoms with E-state index in [2.05, 4.69) is 12.1 Å². The van der Waals surface area contributed by atoms with Gasteiger partial charge in [-0.25, -0.2) is 0 Å². The fraction of sp³-hybridized carbons (Fsp3) is 0.421. The number of nitrogens with zero attached hydrogens (tertiary/aromatic N) is 1. The number of furan rings is 1. The molecule has 1 atom stereocenters. The largest absolute Gasteiger partial charge is 0.491 e. The number of ether oxygens (including phenoxy) is 2. The zero-order valence-electron chi connectivity index (χ0n) is 13.6. The maximum Gasteiger partial charge on any atom is 0.289 e. The van der Waals surface area contributed by atoms with E-state index in [4.69, 9.17) is 13.9 Å². The van der Waals surface area contributed by atoms with Crippen LogP contribution in [0.15, 0.2) is 41.0 Å². The Hall–Kier alpha value is -2.27. The minimum Gasteiger partial charge on any atom is -0.491 e. The molecule has 126 valence electrons. The summed E-state index contributed by atoms with van der Waals surface area (Å²) in [6.45, 7) is 2.06. The second-order valence-corrected chi connectivity index (χ2v) is 6.32. The van der Waals surface area contributed by atoms with Gasteiger partial charge in [-0.1, -0.05) is 6.07 Å². The average molecular weight is 327 g/mol. The molecule has 0 spiro atoms. The van der Waals surface area contributed by atoms with Crippen molar-refractivity contribution in [2.75, 3.05) is 26.3 Å². The van der Waals surface area contributed by atoms with E-state index in [1.54, 1.807) is 17.0 Å². The summed E-state index contributed by atoms with van der Waals surface area (Å²) >= 11 is 0. The van der Waals surface area contributed by atoms with E-state index in [-0.39, 0.29) is 12.0 Å². The van der Waals surface area contributed by atoms with Gasteiger partial charge in [0.25, 0.3) is 5.91 Å². The van der Waals surface area contributed by atoms with E-state index >= 15 is 0 Å². The van der Waals surface area contributed by atoms with Gasteiger partial charge in [0.05, 0.1) is 19.4 Å². The molecule has 2 aromatic rings. The molecule has 0 bridgehead atoms. The first-order chi connectivity index (χ1) is 11.8. The van der Waals surface area contributed by atoms with Gasteiger partial charge in [0, 0.05) is 6.54 Å². The predicted molar refractivity (Wildman–Crippen MR) is 88.3 cm³/mol. The monoisotopic (exact) mass is 327 g/mol. The highest BCUT2D eigenvalue weighted by Crippen LogP contribution is 2.26. The second-order valence-electron chi connectivity index (χ2n) is 6.32. The van der Waals surface area contributed by atoms with Crippen molar-refractivity contribution in [2.45, 2.75) is 25.4 Å². The van der Waals surface area contributed by atoms with Crippen molar-refractivity contribution >= 4 is 5.91 Å². The Kier molecular flexibility index (Phi) is 4.26. The lowest BCUT2D eigenvalue weighted by atomic mass is 10.1. The molecule has 24 heavy (non-hydrogen) atoms. The third-order valence-corrected chi connectivity index (χ3v) is 4.66. The number of carbonyl (C=O) groups excluding carboxylic acids is 1. The Morgan fingerprint density at radius 2 is 2.17 bits per heavy atom. The van der Waals surface area contributed by atoms with Crippen LogP contribution in [0.4, 0.5) is 0 Å². The molecular formula is C19H21NO4. The number of carbonyl (C=O) groups is 1. The van der Waals surface area contributed by atoms with E-state index in [9.17, 15) is 4.79 Å². The van der Waals surface area contributed by atoms with Crippen LogP contribution in [0.3, 0.4) is 0 Å². The Morgan fingerprint density at radius 3 is 3.04 bits per heavy atom. The Morgan fingerprint density at radius 1 is 1.25 bits per heavy atom. The molecule has 1 aliphatic heterocycles. The van der Waals surface area contributed by atoms with Crippen molar-refractivity contribution < 1.29 is 18.7 Å². The summed E-state index contributed by atoms with van der Waals surface area (Å²) in [5.41, 5.74) is 2.83. The molecule has 1 fully saturated rings. The van der Waals surface area contributed by atoms with Crippen LogP contribution in [0.2, 0.25) is 0 Å². The van der Waals surface area contributed by atoms with E-state index in [0.29, 0.717) is 32.1 Å². The molecular weight excluding hydrogens is 306 g/mol. The van der Waals surface area contributed by atoms with Gasteiger partial charge in [-0.2, -0.15) is 0 Å². The zero-order chi connectivity index (χ0) is 16.4. The van der Waals surface area contributed by atoms with Crippen LogP contribution in [-0.4, -0.2) is 43.2 Å². The van der Waals surface area contributed by atoms with Crippen molar-refractivity contribution in [1.82, 2.24) is 4.90 Å². The zero-order valence-corrected chi connectivity index (χ0v) is 13.6. The normalized spacial score (nSPS) is 20.0. The third-order valence-electron chi connectivity index (χ3n) is 4.66. The van der Waals surface area contributed by atoms with E-state index in [1.807, 2.05) is 6.07 Å². The van der Waals surface area contributed by atoms with Gasteiger partial charge in [-0.3, -0.25) is 4.79 Å². The topological polar surface area (TPSA) is 51.9 Å². The number of hydrogen-bond donors (Lipinski definition) is 0. The molecule has 5 nitrogen and oxygen atoms in total. The van der Waals surface area contributed by atoms with Gasteiger partial charge in [0.15, 0.2) is 5.76 Å². The Bertz CT molecular complexity index is 710. The Labute approximate surface area is 141 Å². The lowest BCUT2D eigenvalue weighted by molar-refractivity contribution is -0.0408. The first-order valence-electron chi connectivity index (χ1n) is 8.48. The summed E-state index contributed by atoms with van der Waals surface area (Å²) in [5.74, 6) is 1.16. The fourth-order valence-electron chi connectivity index (χ4n) is 3.39. The molecule has 1 saturated heterocycles. The summed E-state index contributed by atoms with van der Waals surface area (Å²) < 4.78 is 16.8. The van der Waals surface area contributed by atoms with Crippen LogP contribution in [0.1, 0.15) is 28.1 Å². The quantitative estimate of drug-likeness (QED) is 0.866. The van der Waals surface area contributed by atoms with Gasteiger partial charge >= 0.3 is 0 Å². The number of benzene rings is 1. The maximum atomic E-state index is 12.3. The summed E-state index contributed by atoms with van der Waals surface area (Å²) in [7, 11) is 0. The smallest absolute Gasteiger partial charge is 0.289 e. The van der Waals surface area contributed by atoms with Crippen molar-refractivity contribution in [3.63, 3.8) is 0 Å². The molecule has 0 N–H and O–H groups in total. The minimum atomic E-state index is -0.120. The predicted octanol–water partition coefficient (Wildman–Crippen LogP) is 2.69. The third kappa shape index (κ3) is 3.17. The van der Waals surface area contributed by atoms with Crippen molar-refractivity contribution in [3.8, 4) is 5.75 Å². The molecule has 0 radical (unpaired) electrons. The van der Waals surface area contributed by atoms with Crippen LogP contribution < -0.4 is 4.74 Å². The second kappa shape index (κ2) is 6.69. The highest BCUT2D eigenvalue weighted by molar-refractivity contribution is 5.91. The molecule has 5 heteroatoms. The molecule has 1 amide bonds. The number of morpholine rings is 1.